The Labute approximate surface area is 198 Å². The SMILES string of the molecule is COc1cccc(C2C(C(=O)Nc3ccccc3F)=C(C)NC3=C2C(=O)CC(C)(C)C3)c1OC. The molecule has 1 aliphatic heterocycles. The van der Waals surface area contributed by atoms with Crippen LogP contribution in [0.3, 0.4) is 0 Å². The summed E-state index contributed by atoms with van der Waals surface area (Å²) < 4.78 is 25.5. The van der Waals surface area contributed by atoms with Crippen LogP contribution < -0.4 is 20.1 Å². The van der Waals surface area contributed by atoms with Crippen molar-refractivity contribution < 1.29 is 23.5 Å². The van der Waals surface area contributed by atoms with Crippen LogP contribution in [-0.2, 0) is 9.59 Å². The van der Waals surface area contributed by atoms with E-state index in [0.29, 0.717) is 46.7 Å². The van der Waals surface area contributed by atoms with E-state index in [4.69, 9.17) is 9.47 Å². The molecule has 1 atom stereocenters. The second-order valence-electron chi connectivity index (χ2n) is 9.45. The Morgan fingerprint density at radius 3 is 2.50 bits per heavy atom. The average molecular weight is 465 g/mol. The van der Waals surface area contributed by atoms with E-state index in [2.05, 4.69) is 24.5 Å². The minimum absolute atomic E-state index is 0.0303. The van der Waals surface area contributed by atoms with Crippen LogP contribution in [0.25, 0.3) is 0 Å². The summed E-state index contributed by atoms with van der Waals surface area (Å²) in [6.07, 6.45) is 1.02. The van der Waals surface area contributed by atoms with Crippen molar-refractivity contribution in [3.63, 3.8) is 0 Å². The zero-order chi connectivity index (χ0) is 24.6. The molecule has 2 aromatic rings. The molecule has 1 aliphatic carbocycles. The molecule has 4 rings (SSSR count). The Bertz CT molecular complexity index is 1230. The standard InChI is InChI=1S/C27H29FN2O4/c1-15-22(26(32)30-18-11-7-6-10-17(18)28)23(16-9-8-12-21(33-4)25(16)34-5)24-19(29-15)13-27(2,3)14-20(24)31/h6-12,23,29H,13-14H2,1-5H3,(H,30,32). The van der Waals surface area contributed by atoms with Crippen LogP contribution in [0.1, 0.15) is 45.1 Å². The molecule has 0 radical (unpaired) electrons. The molecular weight excluding hydrogens is 435 g/mol. The molecular formula is C27H29FN2O4. The molecule has 2 aromatic carbocycles. The monoisotopic (exact) mass is 464 g/mol. The van der Waals surface area contributed by atoms with Crippen LogP contribution in [0.15, 0.2) is 65.0 Å². The minimum atomic E-state index is -0.698. The number of ketones is 1. The molecule has 6 nitrogen and oxygen atoms in total. The van der Waals surface area contributed by atoms with Gasteiger partial charge in [-0.15, -0.1) is 0 Å². The van der Waals surface area contributed by atoms with E-state index in [1.165, 1.54) is 26.4 Å². The smallest absolute Gasteiger partial charge is 0.254 e. The fourth-order valence-electron chi connectivity index (χ4n) is 4.94. The van der Waals surface area contributed by atoms with E-state index in [1.54, 1.807) is 31.2 Å². The predicted octanol–water partition coefficient (Wildman–Crippen LogP) is 5.09. The first-order valence-electron chi connectivity index (χ1n) is 11.2. The van der Waals surface area contributed by atoms with E-state index < -0.39 is 17.6 Å². The lowest BCUT2D eigenvalue weighted by molar-refractivity contribution is -0.118. The molecule has 0 saturated heterocycles. The van der Waals surface area contributed by atoms with E-state index >= 15 is 0 Å². The number of benzene rings is 2. The maximum atomic E-state index is 14.3. The summed E-state index contributed by atoms with van der Waals surface area (Å²) in [5.74, 6) is -0.812. The number of para-hydroxylation sites is 2. The topological polar surface area (TPSA) is 76.7 Å². The van der Waals surface area contributed by atoms with Gasteiger partial charge in [-0.2, -0.15) is 0 Å². The highest BCUT2D eigenvalue weighted by atomic mass is 19.1. The second-order valence-corrected chi connectivity index (χ2v) is 9.45. The number of methoxy groups -OCH3 is 2. The average Bonchev–Trinajstić information content (AvgIpc) is 2.78. The zero-order valence-electron chi connectivity index (χ0n) is 20.0. The van der Waals surface area contributed by atoms with Gasteiger partial charge in [0.25, 0.3) is 5.91 Å². The lowest BCUT2D eigenvalue weighted by Crippen LogP contribution is -2.39. The van der Waals surface area contributed by atoms with E-state index in [-0.39, 0.29) is 16.9 Å². The van der Waals surface area contributed by atoms with Gasteiger partial charge in [-0.1, -0.05) is 38.1 Å². The molecule has 178 valence electrons. The molecule has 2 aliphatic rings. The number of hydrogen-bond acceptors (Lipinski definition) is 5. The number of carbonyl (C=O) groups is 2. The molecule has 1 amide bonds. The van der Waals surface area contributed by atoms with Gasteiger partial charge in [-0.25, -0.2) is 4.39 Å². The molecule has 0 spiro atoms. The summed E-state index contributed by atoms with van der Waals surface area (Å²) in [6.45, 7) is 5.90. The van der Waals surface area contributed by atoms with Crippen LogP contribution in [-0.4, -0.2) is 25.9 Å². The third-order valence-electron chi connectivity index (χ3n) is 6.35. The quantitative estimate of drug-likeness (QED) is 0.645. The summed E-state index contributed by atoms with van der Waals surface area (Å²) >= 11 is 0. The lowest BCUT2D eigenvalue weighted by atomic mass is 9.68. The number of amides is 1. The fraction of sp³-hybridized carbons (Fsp3) is 0.333. The third kappa shape index (κ3) is 4.18. The number of halogens is 1. The minimum Gasteiger partial charge on any atom is -0.493 e. The molecule has 0 bridgehead atoms. The molecule has 0 aromatic heterocycles. The van der Waals surface area contributed by atoms with Crippen LogP contribution in [0.5, 0.6) is 11.5 Å². The van der Waals surface area contributed by atoms with Crippen LogP contribution in [0.4, 0.5) is 10.1 Å². The largest absolute Gasteiger partial charge is 0.493 e. The number of Topliss-reactive ketones (excluding diaryl/α,β-unsaturated/α-hetero) is 1. The summed E-state index contributed by atoms with van der Waals surface area (Å²) in [7, 11) is 3.06. The van der Waals surface area contributed by atoms with Gasteiger partial charge in [0.1, 0.15) is 5.82 Å². The molecule has 0 saturated carbocycles. The number of carbonyl (C=O) groups excluding carboxylic acids is 2. The van der Waals surface area contributed by atoms with Crippen LogP contribution in [0.2, 0.25) is 0 Å². The number of rotatable bonds is 5. The van der Waals surface area contributed by atoms with Crippen molar-refractivity contribution in [3.05, 3.63) is 76.4 Å². The van der Waals surface area contributed by atoms with Gasteiger partial charge in [-0.3, -0.25) is 9.59 Å². The number of allylic oxidation sites excluding steroid dienone is 3. The first-order chi connectivity index (χ1) is 16.2. The highest BCUT2D eigenvalue weighted by Crippen LogP contribution is 2.50. The van der Waals surface area contributed by atoms with Gasteiger partial charge in [0.2, 0.25) is 0 Å². The lowest BCUT2D eigenvalue weighted by Gasteiger charge is -2.40. The molecule has 7 heteroatoms. The van der Waals surface area contributed by atoms with Crippen LogP contribution >= 0.6 is 0 Å². The molecule has 2 N–H and O–H groups in total. The highest BCUT2D eigenvalue weighted by Gasteiger charge is 2.44. The van der Waals surface area contributed by atoms with Gasteiger partial charge in [0.05, 0.1) is 25.8 Å². The van der Waals surface area contributed by atoms with Gasteiger partial charge in [0.15, 0.2) is 17.3 Å². The molecule has 0 fully saturated rings. The molecule has 1 heterocycles. The number of dihydropyridines is 1. The van der Waals surface area contributed by atoms with Crippen molar-refractivity contribution in [1.82, 2.24) is 5.32 Å². The summed E-state index contributed by atoms with van der Waals surface area (Å²) in [4.78, 5) is 27.1. The van der Waals surface area contributed by atoms with Gasteiger partial charge >= 0.3 is 0 Å². The van der Waals surface area contributed by atoms with Crippen molar-refractivity contribution >= 4 is 17.4 Å². The maximum absolute atomic E-state index is 14.3. The first kappa shape index (κ1) is 23.5. The number of nitrogens with one attached hydrogen (secondary N) is 2. The Morgan fingerprint density at radius 1 is 1.09 bits per heavy atom. The van der Waals surface area contributed by atoms with E-state index in [0.717, 1.165) is 5.70 Å². The van der Waals surface area contributed by atoms with Gasteiger partial charge < -0.3 is 20.1 Å². The third-order valence-corrected chi connectivity index (χ3v) is 6.35. The number of ether oxygens (including phenoxy) is 2. The Balaban J connectivity index is 1.90. The second kappa shape index (κ2) is 8.97. The van der Waals surface area contributed by atoms with Gasteiger partial charge in [-0.05, 0) is 37.0 Å². The van der Waals surface area contributed by atoms with Crippen molar-refractivity contribution in [2.45, 2.75) is 39.5 Å². The Kier molecular flexibility index (Phi) is 6.21. The fourth-order valence-corrected chi connectivity index (χ4v) is 4.94. The number of anilines is 1. The first-order valence-corrected chi connectivity index (χ1v) is 11.2. The zero-order valence-corrected chi connectivity index (χ0v) is 20.0. The molecule has 34 heavy (non-hydrogen) atoms. The predicted molar refractivity (Wildman–Crippen MR) is 128 cm³/mol. The summed E-state index contributed by atoms with van der Waals surface area (Å²) in [5, 5.41) is 6.00. The van der Waals surface area contributed by atoms with Crippen molar-refractivity contribution in [2.24, 2.45) is 5.41 Å². The van der Waals surface area contributed by atoms with E-state index in [9.17, 15) is 14.0 Å². The normalized spacial score (nSPS) is 19.4. The maximum Gasteiger partial charge on any atom is 0.254 e. The van der Waals surface area contributed by atoms with Crippen molar-refractivity contribution in [1.29, 1.82) is 0 Å². The Morgan fingerprint density at radius 2 is 1.82 bits per heavy atom. The summed E-state index contributed by atoms with van der Waals surface area (Å²) in [5.41, 5.74) is 2.78. The summed E-state index contributed by atoms with van der Waals surface area (Å²) in [6, 6.07) is 11.4. The van der Waals surface area contributed by atoms with Crippen molar-refractivity contribution in [2.75, 3.05) is 19.5 Å². The van der Waals surface area contributed by atoms with Gasteiger partial charge in [0, 0.05) is 34.5 Å². The van der Waals surface area contributed by atoms with E-state index in [1.807, 2.05) is 6.07 Å². The molecule has 1 unspecified atom stereocenters. The van der Waals surface area contributed by atoms with Crippen LogP contribution in [0, 0.1) is 11.2 Å². The van der Waals surface area contributed by atoms with Crippen molar-refractivity contribution in [3.8, 4) is 11.5 Å². The highest BCUT2D eigenvalue weighted by molar-refractivity contribution is 6.10. The Hall–Kier alpha value is -3.61. The number of hydrogen-bond donors (Lipinski definition) is 2.